The fraction of sp³-hybridized carbons (Fsp3) is 0.524. The van der Waals surface area contributed by atoms with Crippen LogP contribution >= 0.6 is 0 Å². The number of hydrogen-bond acceptors (Lipinski definition) is 4. The summed E-state index contributed by atoms with van der Waals surface area (Å²) in [5.41, 5.74) is 1.47. The molecule has 0 radical (unpaired) electrons. The van der Waals surface area contributed by atoms with E-state index in [0.717, 1.165) is 43.4 Å². The monoisotopic (exact) mass is 409 g/mol. The second-order valence-corrected chi connectivity index (χ2v) is 7.59. The van der Waals surface area contributed by atoms with Gasteiger partial charge >= 0.3 is 6.18 Å². The van der Waals surface area contributed by atoms with Gasteiger partial charge in [-0.15, -0.1) is 0 Å². The van der Waals surface area contributed by atoms with Crippen molar-refractivity contribution in [2.45, 2.75) is 71.0 Å². The topological polar surface area (TPSA) is 67.2 Å². The van der Waals surface area contributed by atoms with Crippen LogP contribution in [0.4, 0.5) is 24.5 Å². The third-order valence-corrected chi connectivity index (χ3v) is 5.37. The van der Waals surface area contributed by atoms with Crippen LogP contribution in [-0.2, 0) is 17.4 Å². The minimum atomic E-state index is -4.47. The molecule has 1 fully saturated rings. The van der Waals surface area contributed by atoms with E-state index in [0.29, 0.717) is 23.6 Å². The highest BCUT2D eigenvalue weighted by Crippen LogP contribution is 2.35. The van der Waals surface area contributed by atoms with E-state index in [1.165, 1.54) is 12.5 Å². The Kier molecular flexibility index (Phi) is 6.49. The molecule has 3 rings (SSSR count). The summed E-state index contributed by atoms with van der Waals surface area (Å²) in [6.07, 6.45) is 1.38. The molecule has 1 saturated carbocycles. The molecule has 1 aliphatic rings. The molecule has 29 heavy (non-hydrogen) atoms. The number of nitrogens with zero attached hydrogens (tertiary/aromatic N) is 1. The van der Waals surface area contributed by atoms with Gasteiger partial charge in [-0.05, 0) is 51.3 Å². The van der Waals surface area contributed by atoms with Crippen molar-refractivity contribution in [3.05, 3.63) is 40.8 Å². The SMILES string of the molecule is Cc1noc(C)c1CCC(=O)Nc1cc(C(F)(F)F)ccc1NC1CCCCC1. The van der Waals surface area contributed by atoms with Gasteiger partial charge in [0.15, 0.2) is 0 Å². The maximum Gasteiger partial charge on any atom is 0.416 e. The third kappa shape index (κ3) is 5.52. The minimum Gasteiger partial charge on any atom is -0.381 e. The first kappa shape index (κ1) is 21.2. The van der Waals surface area contributed by atoms with Gasteiger partial charge < -0.3 is 15.2 Å². The molecule has 1 aromatic carbocycles. The molecule has 0 spiro atoms. The van der Waals surface area contributed by atoms with Crippen LogP contribution in [0.25, 0.3) is 0 Å². The van der Waals surface area contributed by atoms with Crippen molar-refractivity contribution >= 4 is 17.3 Å². The van der Waals surface area contributed by atoms with Crippen molar-refractivity contribution in [1.82, 2.24) is 5.16 Å². The first-order valence-corrected chi connectivity index (χ1v) is 9.93. The van der Waals surface area contributed by atoms with Crippen LogP contribution in [0.15, 0.2) is 22.7 Å². The molecule has 1 aliphatic carbocycles. The summed E-state index contributed by atoms with van der Waals surface area (Å²) >= 11 is 0. The number of aromatic nitrogens is 1. The summed E-state index contributed by atoms with van der Waals surface area (Å²) in [6.45, 7) is 3.56. The van der Waals surface area contributed by atoms with Crippen LogP contribution in [0.5, 0.6) is 0 Å². The predicted molar refractivity (Wildman–Crippen MR) is 105 cm³/mol. The largest absolute Gasteiger partial charge is 0.416 e. The predicted octanol–water partition coefficient (Wildman–Crippen LogP) is 5.63. The summed E-state index contributed by atoms with van der Waals surface area (Å²) in [5, 5.41) is 9.83. The summed E-state index contributed by atoms with van der Waals surface area (Å²) in [5.74, 6) is 0.296. The number of halogens is 3. The molecule has 1 amide bonds. The molecular formula is C21H26F3N3O2. The maximum absolute atomic E-state index is 13.2. The van der Waals surface area contributed by atoms with Gasteiger partial charge in [-0.1, -0.05) is 24.4 Å². The molecule has 1 aromatic heterocycles. The molecule has 2 aromatic rings. The zero-order valence-electron chi connectivity index (χ0n) is 16.7. The van der Waals surface area contributed by atoms with Crippen LogP contribution in [-0.4, -0.2) is 17.1 Å². The van der Waals surface area contributed by atoms with Gasteiger partial charge in [0.1, 0.15) is 5.76 Å². The van der Waals surface area contributed by atoms with E-state index < -0.39 is 11.7 Å². The van der Waals surface area contributed by atoms with E-state index in [-0.39, 0.29) is 24.1 Å². The van der Waals surface area contributed by atoms with E-state index in [9.17, 15) is 18.0 Å². The number of rotatable bonds is 6. The number of alkyl halides is 3. The van der Waals surface area contributed by atoms with Crippen molar-refractivity contribution in [2.75, 3.05) is 10.6 Å². The van der Waals surface area contributed by atoms with Crippen LogP contribution in [0.2, 0.25) is 0 Å². The number of carbonyl (C=O) groups excluding carboxylic acids is 1. The minimum absolute atomic E-state index is 0.127. The Labute approximate surface area is 168 Å². The average Bonchev–Trinajstić information content (AvgIpc) is 2.99. The van der Waals surface area contributed by atoms with Crippen molar-refractivity contribution in [3.63, 3.8) is 0 Å². The fourth-order valence-corrected chi connectivity index (χ4v) is 3.73. The third-order valence-electron chi connectivity index (χ3n) is 5.37. The Balaban J connectivity index is 1.74. The van der Waals surface area contributed by atoms with Crippen LogP contribution in [0, 0.1) is 13.8 Å². The first-order valence-electron chi connectivity index (χ1n) is 9.93. The molecule has 0 saturated heterocycles. The highest BCUT2D eigenvalue weighted by atomic mass is 19.4. The molecule has 0 bridgehead atoms. The van der Waals surface area contributed by atoms with Crippen LogP contribution in [0.1, 0.15) is 61.1 Å². The van der Waals surface area contributed by atoms with Gasteiger partial charge in [-0.2, -0.15) is 13.2 Å². The maximum atomic E-state index is 13.2. The zero-order valence-corrected chi connectivity index (χ0v) is 16.7. The van der Waals surface area contributed by atoms with Crippen LogP contribution in [0.3, 0.4) is 0 Å². The number of carbonyl (C=O) groups is 1. The summed E-state index contributed by atoms with van der Waals surface area (Å²) in [4.78, 5) is 12.5. The molecule has 0 aliphatic heterocycles. The van der Waals surface area contributed by atoms with Gasteiger partial charge in [0, 0.05) is 18.0 Å². The standard InChI is InChI=1S/C21H26F3N3O2/c1-13-17(14(2)29-27-13)9-11-20(28)26-19-12-15(21(22,23)24)8-10-18(19)25-16-6-4-3-5-7-16/h8,10,12,16,25H,3-7,9,11H2,1-2H3,(H,26,28). The van der Waals surface area contributed by atoms with Crippen LogP contribution < -0.4 is 10.6 Å². The fourth-order valence-electron chi connectivity index (χ4n) is 3.73. The van der Waals surface area contributed by atoms with Gasteiger partial charge in [0.25, 0.3) is 0 Å². The van der Waals surface area contributed by atoms with Crippen molar-refractivity contribution in [2.24, 2.45) is 0 Å². The number of hydrogen-bond donors (Lipinski definition) is 2. The normalized spacial score (nSPS) is 15.3. The van der Waals surface area contributed by atoms with Crippen molar-refractivity contribution < 1.29 is 22.5 Å². The summed E-state index contributed by atoms with van der Waals surface area (Å²) in [7, 11) is 0. The van der Waals surface area contributed by atoms with E-state index in [4.69, 9.17) is 4.52 Å². The van der Waals surface area contributed by atoms with Crippen molar-refractivity contribution in [1.29, 1.82) is 0 Å². The lowest BCUT2D eigenvalue weighted by Gasteiger charge is -2.25. The molecule has 2 N–H and O–H groups in total. The Morgan fingerprint density at radius 1 is 1.17 bits per heavy atom. The van der Waals surface area contributed by atoms with E-state index >= 15 is 0 Å². The van der Waals surface area contributed by atoms with Gasteiger partial charge in [-0.25, -0.2) is 0 Å². The quantitative estimate of drug-likeness (QED) is 0.649. The van der Waals surface area contributed by atoms with Gasteiger partial charge in [-0.3, -0.25) is 4.79 Å². The smallest absolute Gasteiger partial charge is 0.381 e. The summed E-state index contributed by atoms with van der Waals surface area (Å²) in [6, 6.07) is 3.66. The van der Waals surface area contributed by atoms with Crippen molar-refractivity contribution in [3.8, 4) is 0 Å². The number of benzene rings is 1. The lowest BCUT2D eigenvalue weighted by Crippen LogP contribution is -2.24. The number of aryl methyl sites for hydroxylation is 2. The number of amides is 1. The lowest BCUT2D eigenvalue weighted by molar-refractivity contribution is -0.137. The molecule has 8 heteroatoms. The second-order valence-electron chi connectivity index (χ2n) is 7.59. The molecule has 1 heterocycles. The molecule has 158 valence electrons. The Morgan fingerprint density at radius 3 is 2.52 bits per heavy atom. The second kappa shape index (κ2) is 8.88. The highest BCUT2D eigenvalue weighted by molar-refractivity contribution is 5.94. The van der Waals surface area contributed by atoms with E-state index in [1.54, 1.807) is 13.8 Å². The molecular weight excluding hydrogens is 383 g/mol. The average molecular weight is 409 g/mol. The Morgan fingerprint density at radius 2 is 1.90 bits per heavy atom. The molecule has 0 unspecified atom stereocenters. The molecule has 0 atom stereocenters. The molecule has 5 nitrogen and oxygen atoms in total. The number of anilines is 2. The van der Waals surface area contributed by atoms with Gasteiger partial charge in [0.2, 0.25) is 5.91 Å². The Hall–Kier alpha value is -2.51. The van der Waals surface area contributed by atoms with E-state index in [1.807, 2.05) is 0 Å². The number of nitrogens with one attached hydrogen (secondary N) is 2. The lowest BCUT2D eigenvalue weighted by atomic mass is 9.95. The Bertz CT molecular complexity index is 836. The highest BCUT2D eigenvalue weighted by Gasteiger charge is 2.31. The summed E-state index contributed by atoms with van der Waals surface area (Å²) < 4.78 is 44.6. The van der Waals surface area contributed by atoms with Gasteiger partial charge in [0.05, 0.1) is 22.6 Å². The zero-order chi connectivity index (χ0) is 21.0. The van der Waals surface area contributed by atoms with E-state index in [2.05, 4.69) is 15.8 Å². The first-order chi connectivity index (χ1) is 13.7.